The minimum absolute atomic E-state index is 0.533. The van der Waals surface area contributed by atoms with Crippen LogP contribution in [-0.4, -0.2) is 74.7 Å². The first-order chi connectivity index (χ1) is 10.7. The first-order valence-corrected chi connectivity index (χ1v) is 8.76. The molecular weight excluding hydrogens is 274 g/mol. The second kappa shape index (κ2) is 11.5. The van der Waals surface area contributed by atoms with Crippen LogP contribution in [0.25, 0.3) is 0 Å². The Hall–Kier alpha value is -1.07. The van der Waals surface area contributed by atoms with Gasteiger partial charge in [0.25, 0.3) is 0 Å². The number of rotatable bonds is 9. The molecule has 2 N–H and O–H groups in total. The minimum atomic E-state index is 0.533. The van der Waals surface area contributed by atoms with Crippen LogP contribution >= 0.6 is 0 Å². The molecule has 5 nitrogen and oxygen atoms in total. The second-order valence-electron chi connectivity index (χ2n) is 5.94. The molecule has 0 aliphatic carbocycles. The number of hydrogen-bond acceptors (Lipinski definition) is 3. The van der Waals surface area contributed by atoms with Gasteiger partial charge in [0.1, 0.15) is 0 Å². The Kier molecular flexibility index (Phi) is 9.91. The van der Waals surface area contributed by atoms with Crippen LogP contribution in [0.1, 0.15) is 33.1 Å². The quantitative estimate of drug-likeness (QED) is 0.385. The highest BCUT2D eigenvalue weighted by molar-refractivity contribution is 5.79. The average Bonchev–Trinajstić information content (AvgIpc) is 2.55. The van der Waals surface area contributed by atoms with E-state index in [1.807, 2.05) is 13.1 Å². The molecule has 0 radical (unpaired) electrons. The van der Waals surface area contributed by atoms with E-state index in [0.29, 0.717) is 6.04 Å². The summed E-state index contributed by atoms with van der Waals surface area (Å²) in [5, 5.41) is 7.00. The van der Waals surface area contributed by atoms with Gasteiger partial charge in [0.15, 0.2) is 5.96 Å². The van der Waals surface area contributed by atoms with E-state index >= 15 is 0 Å². The molecular formula is C17H35N5. The predicted molar refractivity (Wildman–Crippen MR) is 96.6 cm³/mol. The molecule has 1 heterocycles. The zero-order valence-electron chi connectivity index (χ0n) is 14.8. The number of likely N-dealkylation sites (N-methyl/N-ethyl adjacent to an activating group) is 1. The fourth-order valence-electron chi connectivity index (χ4n) is 2.91. The van der Waals surface area contributed by atoms with Crippen LogP contribution in [-0.2, 0) is 0 Å². The van der Waals surface area contributed by atoms with E-state index in [9.17, 15) is 0 Å². The van der Waals surface area contributed by atoms with Gasteiger partial charge in [-0.15, -0.1) is 6.58 Å². The lowest BCUT2D eigenvalue weighted by Gasteiger charge is -2.32. The lowest BCUT2D eigenvalue weighted by molar-refractivity contribution is 0.225. The fraction of sp³-hybridized carbons (Fsp3) is 0.824. The first-order valence-electron chi connectivity index (χ1n) is 8.76. The van der Waals surface area contributed by atoms with Crippen LogP contribution in [0.3, 0.4) is 0 Å². The van der Waals surface area contributed by atoms with Crippen LogP contribution in [0, 0.1) is 0 Å². The summed E-state index contributed by atoms with van der Waals surface area (Å²) in [6.07, 6.45) is 5.55. The summed E-state index contributed by atoms with van der Waals surface area (Å²) in [7, 11) is 1.85. The van der Waals surface area contributed by atoms with Gasteiger partial charge in [-0.2, -0.15) is 0 Å². The topological polar surface area (TPSA) is 42.9 Å². The lowest BCUT2D eigenvalue weighted by Crippen LogP contribution is -2.49. The number of likely N-dealkylation sites (tertiary alicyclic amines) is 1. The van der Waals surface area contributed by atoms with E-state index in [1.54, 1.807) is 0 Å². The summed E-state index contributed by atoms with van der Waals surface area (Å²) < 4.78 is 0. The molecule has 1 aliphatic heterocycles. The summed E-state index contributed by atoms with van der Waals surface area (Å²) in [6, 6.07) is 0.533. The van der Waals surface area contributed by atoms with Gasteiger partial charge >= 0.3 is 0 Å². The number of aliphatic imine (C=N–C) groups is 1. The van der Waals surface area contributed by atoms with Crippen molar-refractivity contribution in [2.75, 3.05) is 52.9 Å². The van der Waals surface area contributed by atoms with Gasteiger partial charge in [-0.3, -0.25) is 9.89 Å². The third kappa shape index (κ3) is 7.27. The van der Waals surface area contributed by atoms with Crippen molar-refractivity contribution in [3.8, 4) is 0 Å². The van der Waals surface area contributed by atoms with Gasteiger partial charge in [-0.1, -0.05) is 19.9 Å². The Morgan fingerprint density at radius 2 is 2.05 bits per heavy atom. The van der Waals surface area contributed by atoms with Crippen molar-refractivity contribution in [1.29, 1.82) is 0 Å². The van der Waals surface area contributed by atoms with Crippen molar-refractivity contribution in [3.05, 3.63) is 12.7 Å². The normalized spacial score (nSPS) is 17.7. The molecule has 0 aromatic carbocycles. The fourth-order valence-corrected chi connectivity index (χ4v) is 2.91. The van der Waals surface area contributed by atoms with Gasteiger partial charge in [0.2, 0.25) is 0 Å². The molecule has 5 heteroatoms. The van der Waals surface area contributed by atoms with Crippen molar-refractivity contribution < 1.29 is 0 Å². The van der Waals surface area contributed by atoms with Crippen LogP contribution in [0.15, 0.2) is 17.6 Å². The SMILES string of the molecule is C=CCN1CCC(NC(=NC)NCCN(CC)CCC)CC1. The molecule has 1 saturated heterocycles. The molecule has 0 spiro atoms. The van der Waals surface area contributed by atoms with Crippen molar-refractivity contribution in [2.45, 2.75) is 39.2 Å². The number of nitrogens with zero attached hydrogens (tertiary/aromatic N) is 3. The number of nitrogens with one attached hydrogen (secondary N) is 2. The lowest BCUT2D eigenvalue weighted by atomic mass is 10.1. The number of piperidine rings is 1. The zero-order chi connectivity index (χ0) is 16.2. The number of hydrogen-bond donors (Lipinski definition) is 2. The van der Waals surface area contributed by atoms with Crippen molar-refractivity contribution in [3.63, 3.8) is 0 Å². The van der Waals surface area contributed by atoms with Gasteiger partial charge in [0.05, 0.1) is 0 Å². The molecule has 128 valence electrons. The maximum atomic E-state index is 4.35. The van der Waals surface area contributed by atoms with Gasteiger partial charge in [-0.25, -0.2) is 0 Å². The highest BCUT2D eigenvalue weighted by Gasteiger charge is 2.18. The van der Waals surface area contributed by atoms with Crippen LogP contribution < -0.4 is 10.6 Å². The van der Waals surface area contributed by atoms with E-state index in [0.717, 1.165) is 45.2 Å². The van der Waals surface area contributed by atoms with Crippen LogP contribution in [0.5, 0.6) is 0 Å². The molecule has 0 aromatic rings. The van der Waals surface area contributed by atoms with Crippen LogP contribution in [0.2, 0.25) is 0 Å². The molecule has 1 rings (SSSR count). The van der Waals surface area contributed by atoms with E-state index in [1.165, 1.54) is 25.8 Å². The van der Waals surface area contributed by atoms with E-state index in [2.05, 4.69) is 45.9 Å². The highest BCUT2D eigenvalue weighted by atomic mass is 15.2. The van der Waals surface area contributed by atoms with E-state index < -0.39 is 0 Å². The molecule has 1 fully saturated rings. The average molecular weight is 310 g/mol. The Labute approximate surface area is 136 Å². The Balaban J connectivity index is 2.24. The molecule has 0 amide bonds. The van der Waals surface area contributed by atoms with Crippen LogP contribution in [0.4, 0.5) is 0 Å². The maximum absolute atomic E-state index is 4.35. The Morgan fingerprint density at radius 3 is 2.59 bits per heavy atom. The third-order valence-corrected chi connectivity index (χ3v) is 4.25. The molecule has 1 aliphatic rings. The van der Waals surface area contributed by atoms with Gasteiger partial charge < -0.3 is 15.5 Å². The second-order valence-corrected chi connectivity index (χ2v) is 5.94. The smallest absolute Gasteiger partial charge is 0.191 e. The molecule has 22 heavy (non-hydrogen) atoms. The minimum Gasteiger partial charge on any atom is -0.355 e. The summed E-state index contributed by atoms with van der Waals surface area (Å²) in [4.78, 5) is 9.27. The molecule has 0 atom stereocenters. The third-order valence-electron chi connectivity index (χ3n) is 4.25. The van der Waals surface area contributed by atoms with Crippen molar-refractivity contribution in [2.24, 2.45) is 4.99 Å². The summed E-state index contributed by atoms with van der Waals surface area (Å²) >= 11 is 0. The zero-order valence-corrected chi connectivity index (χ0v) is 14.8. The standard InChI is InChI=1S/C17H35N5/c1-5-11-21(7-3)15-10-19-17(18-4)20-16-8-13-22(12-6-2)14-9-16/h6,16H,2,5,7-15H2,1,3-4H3,(H2,18,19,20). The van der Waals surface area contributed by atoms with E-state index in [4.69, 9.17) is 0 Å². The summed E-state index contributed by atoms with van der Waals surface area (Å²) in [6.45, 7) is 15.9. The Morgan fingerprint density at radius 1 is 1.32 bits per heavy atom. The number of guanidine groups is 1. The van der Waals surface area contributed by atoms with Crippen molar-refractivity contribution >= 4 is 5.96 Å². The van der Waals surface area contributed by atoms with Crippen molar-refractivity contribution in [1.82, 2.24) is 20.4 Å². The molecule has 0 bridgehead atoms. The largest absolute Gasteiger partial charge is 0.355 e. The maximum Gasteiger partial charge on any atom is 0.191 e. The summed E-state index contributed by atoms with van der Waals surface area (Å²) in [5.74, 6) is 0.940. The van der Waals surface area contributed by atoms with Gasteiger partial charge in [0, 0.05) is 45.8 Å². The molecule has 0 aromatic heterocycles. The monoisotopic (exact) mass is 309 g/mol. The summed E-state index contributed by atoms with van der Waals surface area (Å²) in [5.41, 5.74) is 0. The van der Waals surface area contributed by atoms with Gasteiger partial charge in [-0.05, 0) is 32.4 Å². The predicted octanol–water partition coefficient (Wildman–Crippen LogP) is 1.53. The highest BCUT2D eigenvalue weighted by Crippen LogP contribution is 2.09. The molecule has 0 saturated carbocycles. The van der Waals surface area contributed by atoms with E-state index in [-0.39, 0.29) is 0 Å². The molecule has 0 unspecified atom stereocenters. The first kappa shape index (κ1) is 19.0. The Bertz CT molecular complexity index is 321.